The molecule has 0 aromatic rings. The molecule has 8 heavy (non-hydrogen) atoms. The van der Waals surface area contributed by atoms with Crippen LogP contribution in [0.5, 0.6) is 0 Å². The number of hydrogen-bond acceptors (Lipinski definition) is 1. The first-order valence-electron chi connectivity index (χ1n) is 2.65. The van der Waals surface area contributed by atoms with Crippen LogP contribution in [0.25, 0.3) is 0 Å². The van der Waals surface area contributed by atoms with Gasteiger partial charge in [-0.2, -0.15) is 0 Å². The van der Waals surface area contributed by atoms with Gasteiger partial charge < -0.3 is 4.90 Å². The summed E-state index contributed by atoms with van der Waals surface area (Å²) in [5.41, 5.74) is 1.22. The van der Waals surface area contributed by atoms with Crippen molar-refractivity contribution in [3.8, 4) is 0 Å². The minimum atomic E-state index is 1.22. The van der Waals surface area contributed by atoms with Crippen molar-refractivity contribution in [3.05, 3.63) is 24.4 Å². The quantitative estimate of drug-likeness (QED) is 0.490. The molecule has 0 aliphatic rings. The molecule has 0 radical (unpaired) electrons. The Bertz CT molecular complexity index is 101. The van der Waals surface area contributed by atoms with Crippen molar-refractivity contribution < 1.29 is 0 Å². The lowest BCUT2D eigenvalue weighted by Gasteiger charge is -2.10. The lowest BCUT2D eigenvalue weighted by atomic mass is 10.4. The minimum Gasteiger partial charge on any atom is -0.381 e. The SMILES string of the molecule is C=C/C=C(\C)N(C)C. The summed E-state index contributed by atoms with van der Waals surface area (Å²) in [7, 11) is 4.02. The molecule has 0 bridgehead atoms. The summed E-state index contributed by atoms with van der Waals surface area (Å²) >= 11 is 0. The molecule has 0 saturated carbocycles. The van der Waals surface area contributed by atoms with Crippen LogP contribution in [-0.4, -0.2) is 19.0 Å². The summed E-state index contributed by atoms with van der Waals surface area (Å²) in [4.78, 5) is 2.04. The van der Waals surface area contributed by atoms with E-state index in [9.17, 15) is 0 Å². The van der Waals surface area contributed by atoms with Gasteiger partial charge in [0.15, 0.2) is 0 Å². The Morgan fingerprint density at radius 3 is 2.12 bits per heavy atom. The molecule has 0 heterocycles. The van der Waals surface area contributed by atoms with Gasteiger partial charge in [0, 0.05) is 19.8 Å². The van der Waals surface area contributed by atoms with Crippen molar-refractivity contribution in [2.75, 3.05) is 14.1 Å². The summed E-state index contributed by atoms with van der Waals surface area (Å²) in [6.45, 7) is 5.62. The van der Waals surface area contributed by atoms with Crippen LogP contribution < -0.4 is 0 Å². The third kappa shape index (κ3) is 2.45. The maximum atomic E-state index is 3.58. The summed E-state index contributed by atoms with van der Waals surface area (Å²) in [5, 5.41) is 0. The molecule has 0 aliphatic heterocycles. The predicted molar refractivity (Wildman–Crippen MR) is 37.6 cm³/mol. The second-order valence-electron chi connectivity index (χ2n) is 1.94. The van der Waals surface area contributed by atoms with Crippen molar-refractivity contribution in [2.24, 2.45) is 0 Å². The molecule has 0 fully saturated rings. The van der Waals surface area contributed by atoms with Gasteiger partial charge in [0.05, 0.1) is 0 Å². The van der Waals surface area contributed by atoms with E-state index in [1.54, 1.807) is 6.08 Å². The fourth-order valence-corrected chi connectivity index (χ4v) is 0.320. The molecule has 0 atom stereocenters. The molecule has 0 aromatic heterocycles. The molecular weight excluding hydrogens is 98.1 g/mol. The molecule has 0 aliphatic carbocycles. The lowest BCUT2D eigenvalue weighted by molar-refractivity contribution is 0.514. The van der Waals surface area contributed by atoms with Crippen molar-refractivity contribution >= 4 is 0 Å². The maximum Gasteiger partial charge on any atom is 0.00956 e. The van der Waals surface area contributed by atoms with Gasteiger partial charge >= 0.3 is 0 Å². The molecule has 0 amide bonds. The molecule has 0 aromatic carbocycles. The van der Waals surface area contributed by atoms with Crippen LogP contribution in [0.15, 0.2) is 24.4 Å². The highest BCUT2D eigenvalue weighted by Gasteiger charge is 1.84. The molecule has 46 valence electrons. The Hall–Kier alpha value is -0.720. The molecule has 0 unspecified atom stereocenters. The van der Waals surface area contributed by atoms with E-state index >= 15 is 0 Å². The Kier molecular flexibility index (Phi) is 3.01. The van der Waals surface area contributed by atoms with Gasteiger partial charge in [-0.1, -0.05) is 12.7 Å². The van der Waals surface area contributed by atoms with Crippen LogP contribution in [0.4, 0.5) is 0 Å². The normalized spacial score (nSPS) is 11.1. The summed E-state index contributed by atoms with van der Waals surface area (Å²) in [5.74, 6) is 0. The number of hydrogen-bond donors (Lipinski definition) is 0. The van der Waals surface area contributed by atoms with Crippen LogP contribution in [0.2, 0.25) is 0 Å². The first-order valence-corrected chi connectivity index (χ1v) is 2.65. The standard InChI is InChI=1S/C7H13N/c1-5-6-7(2)8(3)4/h5-6H,1H2,2-4H3/b7-6+. The first kappa shape index (κ1) is 7.28. The van der Waals surface area contributed by atoms with E-state index in [0.29, 0.717) is 0 Å². The average Bonchev–Trinajstić information content (AvgIpc) is 1.67. The molecule has 0 N–H and O–H groups in total. The summed E-state index contributed by atoms with van der Waals surface area (Å²) in [6, 6.07) is 0. The van der Waals surface area contributed by atoms with Crippen molar-refractivity contribution in [1.29, 1.82) is 0 Å². The van der Waals surface area contributed by atoms with E-state index in [1.165, 1.54) is 5.70 Å². The van der Waals surface area contributed by atoms with E-state index < -0.39 is 0 Å². The topological polar surface area (TPSA) is 3.24 Å². The summed E-state index contributed by atoms with van der Waals surface area (Å²) < 4.78 is 0. The number of allylic oxidation sites excluding steroid dienone is 3. The zero-order valence-electron chi connectivity index (χ0n) is 5.81. The highest BCUT2D eigenvalue weighted by Crippen LogP contribution is 1.93. The van der Waals surface area contributed by atoms with Crippen molar-refractivity contribution in [2.45, 2.75) is 6.92 Å². The Morgan fingerprint density at radius 1 is 1.50 bits per heavy atom. The minimum absolute atomic E-state index is 1.22. The fourth-order valence-electron chi connectivity index (χ4n) is 0.320. The van der Waals surface area contributed by atoms with Crippen LogP contribution in [0, 0.1) is 0 Å². The molecule has 0 spiro atoms. The smallest absolute Gasteiger partial charge is 0.00956 e. The molecule has 1 heteroatoms. The highest BCUT2D eigenvalue weighted by atomic mass is 15.1. The Labute approximate surface area is 51.3 Å². The van der Waals surface area contributed by atoms with Gasteiger partial charge in [-0.3, -0.25) is 0 Å². The van der Waals surface area contributed by atoms with Crippen molar-refractivity contribution in [1.82, 2.24) is 4.90 Å². The zero-order valence-corrected chi connectivity index (χ0v) is 5.81. The second-order valence-corrected chi connectivity index (χ2v) is 1.94. The third-order valence-electron chi connectivity index (χ3n) is 1.06. The highest BCUT2D eigenvalue weighted by molar-refractivity contribution is 5.05. The van der Waals surface area contributed by atoms with Crippen LogP contribution in [0.1, 0.15) is 6.92 Å². The largest absolute Gasteiger partial charge is 0.381 e. The van der Waals surface area contributed by atoms with Gasteiger partial charge in [0.1, 0.15) is 0 Å². The van der Waals surface area contributed by atoms with E-state index in [-0.39, 0.29) is 0 Å². The molecule has 0 saturated heterocycles. The fraction of sp³-hybridized carbons (Fsp3) is 0.429. The van der Waals surface area contributed by atoms with Gasteiger partial charge in [-0.25, -0.2) is 0 Å². The zero-order chi connectivity index (χ0) is 6.57. The van der Waals surface area contributed by atoms with Gasteiger partial charge in [0.25, 0.3) is 0 Å². The van der Waals surface area contributed by atoms with E-state index in [2.05, 4.69) is 6.58 Å². The predicted octanol–water partition coefficient (Wildman–Crippen LogP) is 1.64. The van der Waals surface area contributed by atoms with E-state index in [4.69, 9.17) is 0 Å². The van der Waals surface area contributed by atoms with Crippen LogP contribution in [0.3, 0.4) is 0 Å². The molecule has 1 nitrogen and oxygen atoms in total. The van der Waals surface area contributed by atoms with Crippen LogP contribution >= 0.6 is 0 Å². The molecule has 0 rings (SSSR count). The third-order valence-corrected chi connectivity index (χ3v) is 1.06. The van der Waals surface area contributed by atoms with E-state index in [0.717, 1.165) is 0 Å². The Morgan fingerprint density at radius 2 is 2.00 bits per heavy atom. The van der Waals surface area contributed by atoms with E-state index in [1.807, 2.05) is 32.0 Å². The monoisotopic (exact) mass is 111 g/mol. The van der Waals surface area contributed by atoms with Crippen molar-refractivity contribution in [3.63, 3.8) is 0 Å². The first-order chi connectivity index (χ1) is 3.68. The Balaban J connectivity index is 3.78. The van der Waals surface area contributed by atoms with Gasteiger partial charge in [-0.05, 0) is 13.0 Å². The average molecular weight is 111 g/mol. The number of nitrogens with zero attached hydrogens (tertiary/aromatic N) is 1. The van der Waals surface area contributed by atoms with Gasteiger partial charge in [0.2, 0.25) is 0 Å². The van der Waals surface area contributed by atoms with Crippen LogP contribution in [-0.2, 0) is 0 Å². The van der Waals surface area contributed by atoms with Gasteiger partial charge in [-0.15, -0.1) is 0 Å². The lowest BCUT2D eigenvalue weighted by Crippen LogP contribution is -2.07. The maximum absolute atomic E-state index is 3.58. The summed E-state index contributed by atoms with van der Waals surface area (Å²) in [6.07, 6.45) is 3.76. The second kappa shape index (κ2) is 3.30. The number of rotatable bonds is 2. The molecular formula is C7H13N.